The Kier molecular flexibility index (Phi) is 9.02. The molecule has 0 aliphatic heterocycles. The molecule has 0 aliphatic rings. The number of pyridine rings is 1. The van der Waals surface area contributed by atoms with Crippen molar-refractivity contribution in [2.45, 2.75) is 32.0 Å². The van der Waals surface area contributed by atoms with E-state index in [4.69, 9.17) is 4.74 Å². The van der Waals surface area contributed by atoms with Crippen molar-refractivity contribution >= 4 is 11.8 Å². The summed E-state index contributed by atoms with van der Waals surface area (Å²) in [7, 11) is 1.62. The number of nitrogens with zero attached hydrogens (tertiary/aromatic N) is 2. The molecule has 1 N–H and O–H groups in total. The van der Waals surface area contributed by atoms with Gasteiger partial charge in [0, 0.05) is 31.9 Å². The molecule has 0 aliphatic carbocycles. The van der Waals surface area contributed by atoms with Gasteiger partial charge in [0.25, 0.3) is 0 Å². The molecule has 188 valence electrons. The van der Waals surface area contributed by atoms with E-state index < -0.39 is 6.04 Å². The molecule has 0 bridgehead atoms. The van der Waals surface area contributed by atoms with Crippen LogP contribution in [0.5, 0.6) is 5.75 Å². The second kappa shape index (κ2) is 13.0. The molecular formula is C31H31N3O3. The predicted molar refractivity (Wildman–Crippen MR) is 144 cm³/mol. The van der Waals surface area contributed by atoms with Crippen LogP contribution < -0.4 is 10.1 Å². The van der Waals surface area contributed by atoms with Gasteiger partial charge in [-0.15, -0.1) is 0 Å². The third kappa shape index (κ3) is 7.51. The van der Waals surface area contributed by atoms with Crippen molar-refractivity contribution in [2.24, 2.45) is 0 Å². The molecular weight excluding hydrogens is 462 g/mol. The molecule has 0 spiro atoms. The third-order valence-corrected chi connectivity index (χ3v) is 6.17. The number of aromatic nitrogens is 1. The molecule has 1 atom stereocenters. The summed E-state index contributed by atoms with van der Waals surface area (Å²) in [6.07, 6.45) is 4.03. The SMILES string of the molecule is COc1ccc(CN(C(=O)Cc2ccccc2)C(Cc2ccccc2)C(=O)NCc2cccnc2)cc1. The van der Waals surface area contributed by atoms with E-state index >= 15 is 0 Å². The summed E-state index contributed by atoms with van der Waals surface area (Å²) in [4.78, 5) is 33.3. The lowest BCUT2D eigenvalue weighted by Crippen LogP contribution is -2.50. The number of hydrogen-bond donors (Lipinski definition) is 1. The molecule has 1 heterocycles. The van der Waals surface area contributed by atoms with Crippen molar-refractivity contribution in [1.82, 2.24) is 15.2 Å². The van der Waals surface area contributed by atoms with Crippen LogP contribution in [0.25, 0.3) is 0 Å². The number of amides is 2. The van der Waals surface area contributed by atoms with Gasteiger partial charge in [-0.05, 0) is 40.5 Å². The number of carbonyl (C=O) groups excluding carboxylic acids is 2. The highest BCUT2D eigenvalue weighted by Crippen LogP contribution is 2.19. The summed E-state index contributed by atoms with van der Waals surface area (Å²) < 4.78 is 5.29. The Morgan fingerprint density at radius 3 is 2.08 bits per heavy atom. The average Bonchev–Trinajstić information content (AvgIpc) is 2.95. The fraction of sp³-hybridized carbons (Fsp3) is 0.194. The van der Waals surface area contributed by atoms with Gasteiger partial charge in [-0.2, -0.15) is 0 Å². The number of rotatable bonds is 11. The quantitative estimate of drug-likeness (QED) is 0.332. The smallest absolute Gasteiger partial charge is 0.243 e. The highest BCUT2D eigenvalue weighted by molar-refractivity contribution is 5.88. The van der Waals surface area contributed by atoms with Crippen LogP contribution in [0.2, 0.25) is 0 Å². The van der Waals surface area contributed by atoms with Gasteiger partial charge >= 0.3 is 0 Å². The van der Waals surface area contributed by atoms with Gasteiger partial charge in [0.2, 0.25) is 11.8 Å². The molecule has 37 heavy (non-hydrogen) atoms. The maximum absolute atomic E-state index is 13.8. The van der Waals surface area contributed by atoms with E-state index in [0.29, 0.717) is 19.5 Å². The van der Waals surface area contributed by atoms with Crippen molar-refractivity contribution in [3.63, 3.8) is 0 Å². The first kappa shape index (κ1) is 25.6. The van der Waals surface area contributed by atoms with E-state index in [9.17, 15) is 9.59 Å². The molecule has 0 saturated carbocycles. The Bertz CT molecular complexity index is 1260. The highest BCUT2D eigenvalue weighted by atomic mass is 16.5. The summed E-state index contributed by atoms with van der Waals surface area (Å²) >= 11 is 0. The van der Waals surface area contributed by atoms with Crippen LogP contribution in [-0.4, -0.2) is 34.8 Å². The summed E-state index contributed by atoms with van der Waals surface area (Å²) in [6.45, 7) is 0.634. The molecule has 4 rings (SSSR count). The molecule has 2 amide bonds. The van der Waals surface area contributed by atoms with E-state index in [1.165, 1.54) is 0 Å². The molecule has 1 unspecified atom stereocenters. The first-order valence-electron chi connectivity index (χ1n) is 12.3. The van der Waals surface area contributed by atoms with Gasteiger partial charge < -0.3 is 15.0 Å². The summed E-state index contributed by atoms with van der Waals surface area (Å²) in [5, 5.41) is 3.03. The second-order valence-electron chi connectivity index (χ2n) is 8.82. The second-order valence-corrected chi connectivity index (χ2v) is 8.82. The standard InChI is InChI=1S/C31H31N3O3/c1-37-28-16-14-26(15-17-28)23-34(30(35)20-25-11-6-3-7-12-25)29(19-24-9-4-2-5-10-24)31(36)33-22-27-13-8-18-32-21-27/h2-18,21,29H,19-20,22-23H2,1H3,(H,33,36). The topological polar surface area (TPSA) is 71.5 Å². The number of benzene rings is 3. The van der Waals surface area contributed by atoms with Gasteiger partial charge in [0.05, 0.1) is 13.5 Å². The number of ether oxygens (including phenoxy) is 1. The minimum absolute atomic E-state index is 0.112. The van der Waals surface area contributed by atoms with Crippen LogP contribution in [0.4, 0.5) is 0 Å². The van der Waals surface area contributed by atoms with Gasteiger partial charge in [-0.1, -0.05) is 78.9 Å². The molecule has 0 saturated heterocycles. The van der Waals surface area contributed by atoms with Gasteiger partial charge in [-0.25, -0.2) is 0 Å². The highest BCUT2D eigenvalue weighted by Gasteiger charge is 2.30. The van der Waals surface area contributed by atoms with E-state index in [0.717, 1.165) is 28.0 Å². The molecule has 4 aromatic rings. The van der Waals surface area contributed by atoms with Crippen molar-refractivity contribution in [3.8, 4) is 5.75 Å². The minimum Gasteiger partial charge on any atom is -0.497 e. The maximum Gasteiger partial charge on any atom is 0.243 e. The van der Waals surface area contributed by atoms with Crippen LogP contribution >= 0.6 is 0 Å². The van der Waals surface area contributed by atoms with Crippen molar-refractivity contribution in [3.05, 3.63) is 132 Å². The number of nitrogens with one attached hydrogen (secondary N) is 1. The molecule has 6 nitrogen and oxygen atoms in total. The Morgan fingerprint density at radius 1 is 0.811 bits per heavy atom. The lowest BCUT2D eigenvalue weighted by Gasteiger charge is -2.32. The molecule has 3 aromatic carbocycles. The summed E-state index contributed by atoms with van der Waals surface area (Å²) in [6, 6.07) is 30.0. The third-order valence-electron chi connectivity index (χ3n) is 6.17. The number of methoxy groups -OCH3 is 1. The Labute approximate surface area is 217 Å². The molecule has 1 aromatic heterocycles. The van der Waals surface area contributed by atoms with Gasteiger partial charge in [0.1, 0.15) is 11.8 Å². The van der Waals surface area contributed by atoms with E-state index in [1.807, 2.05) is 97.1 Å². The van der Waals surface area contributed by atoms with Crippen LogP contribution in [0.3, 0.4) is 0 Å². The Balaban J connectivity index is 1.64. The average molecular weight is 494 g/mol. The van der Waals surface area contributed by atoms with Crippen LogP contribution in [0.1, 0.15) is 22.3 Å². The zero-order chi connectivity index (χ0) is 25.9. The van der Waals surface area contributed by atoms with Crippen LogP contribution in [0.15, 0.2) is 109 Å². The molecule has 0 fully saturated rings. The lowest BCUT2D eigenvalue weighted by molar-refractivity contribution is -0.140. The van der Waals surface area contributed by atoms with Crippen molar-refractivity contribution in [2.75, 3.05) is 7.11 Å². The molecule has 0 radical (unpaired) electrons. The normalized spacial score (nSPS) is 11.4. The first-order valence-corrected chi connectivity index (χ1v) is 12.3. The summed E-state index contributed by atoms with van der Waals surface area (Å²) in [5.41, 5.74) is 3.70. The Hall–Kier alpha value is -4.45. The van der Waals surface area contributed by atoms with Crippen LogP contribution in [-0.2, 0) is 35.5 Å². The fourth-order valence-corrected chi connectivity index (χ4v) is 4.16. The minimum atomic E-state index is -0.697. The maximum atomic E-state index is 13.8. The monoisotopic (exact) mass is 493 g/mol. The van der Waals surface area contributed by atoms with Crippen LogP contribution in [0, 0.1) is 0 Å². The molecule has 6 heteroatoms. The zero-order valence-corrected chi connectivity index (χ0v) is 20.9. The van der Waals surface area contributed by atoms with Crippen molar-refractivity contribution < 1.29 is 14.3 Å². The number of carbonyl (C=O) groups is 2. The predicted octanol–water partition coefficient (Wildman–Crippen LogP) is 4.59. The van der Waals surface area contributed by atoms with E-state index in [2.05, 4.69) is 10.3 Å². The van der Waals surface area contributed by atoms with Crippen molar-refractivity contribution in [1.29, 1.82) is 0 Å². The summed E-state index contributed by atoms with van der Waals surface area (Å²) in [5.74, 6) is 0.420. The largest absolute Gasteiger partial charge is 0.497 e. The fourth-order valence-electron chi connectivity index (χ4n) is 4.16. The number of hydrogen-bond acceptors (Lipinski definition) is 4. The first-order chi connectivity index (χ1) is 18.1. The zero-order valence-electron chi connectivity index (χ0n) is 20.9. The van der Waals surface area contributed by atoms with Gasteiger partial charge in [0.15, 0.2) is 0 Å². The van der Waals surface area contributed by atoms with Gasteiger partial charge in [-0.3, -0.25) is 14.6 Å². The van der Waals surface area contributed by atoms with E-state index in [-0.39, 0.29) is 18.2 Å². The lowest BCUT2D eigenvalue weighted by atomic mass is 10.0. The Morgan fingerprint density at radius 2 is 1.46 bits per heavy atom. The van der Waals surface area contributed by atoms with E-state index in [1.54, 1.807) is 24.4 Å².